The predicted octanol–water partition coefficient (Wildman–Crippen LogP) is 11.8. The van der Waals surface area contributed by atoms with Gasteiger partial charge in [-0.25, -0.2) is 28.9 Å². The van der Waals surface area contributed by atoms with Crippen molar-refractivity contribution < 1.29 is 32.7 Å². The van der Waals surface area contributed by atoms with Gasteiger partial charge in [0.1, 0.15) is 59.2 Å². The summed E-state index contributed by atoms with van der Waals surface area (Å²) < 4.78 is 41.6. The SMILES string of the molecule is CC(O[P+](=O)OC(C)C(NC(=O)OC(C)(C)C)c1ncn(C(c2ccccc2)(c2ccccc2)c2ccccc2)n1)C(NC(=O)OC(C)(C)C)c1ncn(C(c2ccccc2)(c2ccccc2)c2ccccc2)n1. The van der Waals surface area contributed by atoms with Gasteiger partial charge in [0.15, 0.2) is 11.6 Å². The molecule has 8 rings (SSSR count). The number of nitrogens with one attached hydrogen (secondary N) is 2. The molecule has 4 atom stereocenters. The highest BCUT2D eigenvalue weighted by Gasteiger charge is 2.45. The van der Waals surface area contributed by atoms with Crippen LogP contribution in [0.5, 0.6) is 0 Å². The number of carbonyl (C=O) groups excluding carboxylic acids is 2. The maximum Gasteiger partial charge on any atom is 0.698 e. The van der Waals surface area contributed by atoms with Crippen molar-refractivity contribution >= 4 is 20.4 Å². The lowest BCUT2D eigenvalue weighted by Crippen LogP contribution is -2.41. The molecule has 15 nitrogen and oxygen atoms in total. The first-order chi connectivity index (χ1) is 35.5. The monoisotopic (exact) mass is 1010 g/mol. The first-order valence-corrected chi connectivity index (χ1v) is 25.6. The summed E-state index contributed by atoms with van der Waals surface area (Å²) in [6.07, 6.45) is -0.518. The second kappa shape index (κ2) is 22.5. The van der Waals surface area contributed by atoms with E-state index in [2.05, 4.69) is 10.6 Å². The van der Waals surface area contributed by atoms with Crippen LogP contribution in [0.25, 0.3) is 0 Å². The van der Waals surface area contributed by atoms with Gasteiger partial charge < -0.3 is 20.1 Å². The number of amides is 2. The van der Waals surface area contributed by atoms with E-state index in [-0.39, 0.29) is 11.6 Å². The Kier molecular flexibility index (Phi) is 16.0. The van der Waals surface area contributed by atoms with Crippen LogP contribution in [0.4, 0.5) is 9.59 Å². The number of nitrogens with zero attached hydrogens (tertiary/aromatic N) is 6. The van der Waals surface area contributed by atoms with Crippen LogP contribution in [0.1, 0.15) is 113 Å². The summed E-state index contributed by atoms with van der Waals surface area (Å²) in [5.74, 6) is 0.287. The second-order valence-electron chi connectivity index (χ2n) is 19.8. The van der Waals surface area contributed by atoms with Crippen LogP contribution in [0.3, 0.4) is 0 Å². The number of carbonyl (C=O) groups is 2. The van der Waals surface area contributed by atoms with Gasteiger partial charge in [-0.2, -0.15) is 10.2 Å². The lowest BCUT2D eigenvalue weighted by atomic mass is 9.77. The minimum atomic E-state index is -3.02. The standard InChI is InChI=1S/C58H61N8O7P/c1-41(49(61-53(67)70-55(3,4)5)51-59-39-65(63-51)57(43-27-15-9-16-28-43,44-29-17-10-18-30-44)45-31-19-11-20-32-45)72-74(69)73-42(2)50(62-54(68)71-56(6,7)8)52-60-40-66(64-52)58(46-33-21-12-22-34-46,47-35-23-13-24-36-47)48-37-25-14-26-38-48/h9-42,49-50H,1-8H3,(H-,61,62,67,68)/p+1. The summed E-state index contributed by atoms with van der Waals surface area (Å²) in [6.45, 7) is 13.7. The zero-order valence-corrected chi connectivity index (χ0v) is 43.7. The number of rotatable bonds is 18. The molecular weight excluding hydrogens is 952 g/mol. The van der Waals surface area contributed by atoms with E-state index in [9.17, 15) is 14.2 Å². The molecule has 74 heavy (non-hydrogen) atoms. The van der Waals surface area contributed by atoms with Crippen LogP contribution in [0, 0.1) is 0 Å². The highest BCUT2D eigenvalue weighted by Crippen LogP contribution is 2.43. The van der Waals surface area contributed by atoms with E-state index in [1.165, 1.54) is 0 Å². The minimum absolute atomic E-state index is 0.143. The molecule has 0 aliphatic carbocycles. The Morgan fingerprint density at radius 2 is 0.689 bits per heavy atom. The van der Waals surface area contributed by atoms with Gasteiger partial charge in [0.05, 0.1) is 0 Å². The molecule has 0 spiro atoms. The topological polar surface area (TPSA) is 174 Å². The predicted molar refractivity (Wildman–Crippen MR) is 282 cm³/mol. The third-order valence-electron chi connectivity index (χ3n) is 12.2. The van der Waals surface area contributed by atoms with Crippen LogP contribution in [0.15, 0.2) is 195 Å². The molecule has 8 aromatic rings. The number of alkyl carbamates (subject to hydrolysis) is 2. The third kappa shape index (κ3) is 11.7. The Morgan fingerprint density at radius 3 is 0.919 bits per heavy atom. The van der Waals surface area contributed by atoms with E-state index < -0.39 is 67.0 Å². The quantitative estimate of drug-likeness (QED) is 0.0618. The Hall–Kier alpha value is -7.84. The van der Waals surface area contributed by atoms with Gasteiger partial charge in [0.25, 0.3) is 0 Å². The van der Waals surface area contributed by atoms with Crippen molar-refractivity contribution in [2.45, 2.75) is 102 Å². The van der Waals surface area contributed by atoms with Crippen LogP contribution < -0.4 is 10.6 Å². The summed E-state index contributed by atoms with van der Waals surface area (Å²) in [4.78, 5) is 36.9. The smallest absolute Gasteiger partial charge is 0.444 e. The summed E-state index contributed by atoms with van der Waals surface area (Å²) in [6, 6.07) is 57.5. The van der Waals surface area contributed by atoms with Crippen LogP contribution in [-0.4, -0.2) is 65.1 Å². The molecule has 2 heterocycles. The molecule has 2 aromatic heterocycles. The molecule has 2 amide bonds. The van der Waals surface area contributed by atoms with Crippen molar-refractivity contribution in [3.05, 3.63) is 240 Å². The molecule has 0 radical (unpaired) electrons. The molecule has 0 saturated heterocycles. The van der Waals surface area contributed by atoms with E-state index in [4.69, 9.17) is 38.7 Å². The van der Waals surface area contributed by atoms with E-state index in [0.717, 1.165) is 33.4 Å². The number of hydrogen-bond acceptors (Lipinski definition) is 11. The van der Waals surface area contributed by atoms with Gasteiger partial charge in [-0.1, -0.05) is 182 Å². The highest BCUT2D eigenvalue weighted by molar-refractivity contribution is 7.33. The van der Waals surface area contributed by atoms with Crippen LogP contribution in [0.2, 0.25) is 0 Å². The Morgan fingerprint density at radius 1 is 0.446 bits per heavy atom. The average molecular weight is 1010 g/mol. The number of benzene rings is 6. The minimum Gasteiger partial charge on any atom is -0.444 e. The van der Waals surface area contributed by atoms with E-state index in [0.29, 0.717) is 0 Å². The first-order valence-electron chi connectivity index (χ1n) is 24.5. The summed E-state index contributed by atoms with van der Waals surface area (Å²) in [5, 5.41) is 16.0. The van der Waals surface area contributed by atoms with Crippen molar-refractivity contribution in [1.29, 1.82) is 0 Å². The fourth-order valence-electron chi connectivity index (χ4n) is 9.10. The van der Waals surface area contributed by atoms with Gasteiger partial charge in [-0.05, 0) is 88.8 Å². The lowest BCUT2D eigenvalue weighted by Gasteiger charge is -2.36. The van der Waals surface area contributed by atoms with Crippen LogP contribution >= 0.6 is 8.25 Å². The van der Waals surface area contributed by atoms with Crippen molar-refractivity contribution in [2.75, 3.05) is 0 Å². The van der Waals surface area contributed by atoms with Crippen LogP contribution in [-0.2, 0) is 34.2 Å². The number of ether oxygens (including phenoxy) is 2. The lowest BCUT2D eigenvalue weighted by molar-refractivity contribution is 0.0401. The molecule has 4 unspecified atom stereocenters. The summed E-state index contributed by atoms with van der Waals surface area (Å²) in [7, 11) is -3.02. The first kappa shape index (κ1) is 52.5. The molecule has 0 saturated carbocycles. The highest BCUT2D eigenvalue weighted by atomic mass is 31.1. The van der Waals surface area contributed by atoms with Gasteiger partial charge in [-0.15, -0.1) is 9.05 Å². The zero-order valence-electron chi connectivity index (χ0n) is 42.8. The van der Waals surface area contributed by atoms with Gasteiger partial charge in [0, 0.05) is 4.57 Å². The molecule has 0 fully saturated rings. The molecule has 16 heteroatoms. The third-order valence-corrected chi connectivity index (χ3v) is 13.2. The van der Waals surface area contributed by atoms with Crippen molar-refractivity contribution in [3.8, 4) is 0 Å². The average Bonchev–Trinajstić information content (AvgIpc) is 4.08. The van der Waals surface area contributed by atoms with E-state index in [1.807, 2.05) is 182 Å². The van der Waals surface area contributed by atoms with E-state index in [1.54, 1.807) is 77.4 Å². The molecule has 6 aromatic carbocycles. The molecule has 2 N–H and O–H groups in total. The maximum absolute atomic E-state index is 14.3. The van der Waals surface area contributed by atoms with Crippen molar-refractivity contribution in [2.24, 2.45) is 0 Å². The fourth-order valence-corrected chi connectivity index (χ4v) is 9.94. The van der Waals surface area contributed by atoms with Crippen molar-refractivity contribution in [1.82, 2.24) is 40.2 Å². The number of hydrogen-bond donors (Lipinski definition) is 2. The van der Waals surface area contributed by atoms with Crippen molar-refractivity contribution in [3.63, 3.8) is 0 Å². The molecule has 0 aliphatic rings. The molecular formula is C58H62N8O7P+. The van der Waals surface area contributed by atoms with Gasteiger partial charge in [-0.3, -0.25) is 0 Å². The van der Waals surface area contributed by atoms with Gasteiger partial charge in [0.2, 0.25) is 0 Å². The Bertz CT molecular complexity index is 2690. The molecule has 0 aliphatic heterocycles. The maximum atomic E-state index is 14.3. The Balaban J connectivity index is 1.14. The van der Waals surface area contributed by atoms with E-state index >= 15 is 0 Å². The zero-order chi connectivity index (χ0) is 52.5. The Labute approximate surface area is 433 Å². The van der Waals surface area contributed by atoms with Gasteiger partial charge >= 0.3 is 20.4 Å². The largest absolute Gasteiger partial charge is 0.698 e. The number of aromatic nitrogens is 6. The fraction of sp³-hybridized carbons (Fsp3) is 0.276. The molecule has 0 bridgehead atoms. The molecule has 380 valence electrons. The normalized spacial score (nSPS) is 14.0. The summed E-state index contributed by atoms with van der Waals surface area (Å²) in [5.41, 5.74) is 1.63. The summed E-state index contributed by atoms with van der Waals surface area (Å²) >= 11 is 0. The second-order valence-corrected chi connectivity index (χ2v) is 20.7.